The molecule has 1 fully saturated rings. The molecule has 3 aromatic rings. The number of sulfonamides is 1. The van der Waals surface area contributed by atoms with Crippen LogP contribution in [0.2, 0.25) is 0 Å². The Morgan fingerprint density at radius 2 is 1.84 bits per heavy atom. The zero-order chi connectivity index (χ0) is 22.7. The van der Waals surface area contributed by atoms with Gasteiger partial charge in [-0.2, -0.15) is 4.31 Å². The number of esters is 1. The Morgan fingerprint density at radius 3 is 2.59 bits per heavy atom. The van der Waals surface area contributed by atoms with Crippen molar-refractivity contribution in [3.63, 3.8) is 0 Å². The first kappa shape index (κ1) is 22.0. The number of hydrogen-bond donors (Lipinski definition) is 1. The molecule has 0 bridgehead atoms. The first-order valence-electron chi connectivity index (χ1n) is 9.99. The number of hydrogen-bond acceptors (Lipinski definition) is 7. The van der Waals surface area contributed by atoms with Crippen LogP contribution in [0, 0.1) is 6.92 Å². The van der Waals surface area contributed by atoms with Crippen molar-refractivity contribution in [3.05, 3.63) is 59.9 Å². The summed E-state index contributed by atoms with van der Waals surface area (Å²) < 4.78 is 43.0. The van der Waals surface area contributed by atoms with Gasteiger partial charge in [0.2, 0.25) is 15.8 Å². The third kappa shape index (κ3) is 4.67. The summed E-state index contributed by atoms with van der Waals surface area (Å²) in [6, 6.07) is 13.3. The Kier molecular flexibility index (Phi) is 6.26. The lowest BCUT2D eigenvalue weighted by Gasteiger charge is -2.26. The zero-order valence-corrected chi connectivity index (χ0v) is 18.2. The van der Waals surface area contributed by atoms with Gasteiger partial charge in [-0.3, -0.25) is 4.79 Å². The number of amides is 1. The van der Waals surface area contributed by atoms with Crippen molar-refractivity contribution < 1.29 is 31.9 Å². The van der Waals surface area contributed by atoms with Gasteiger partial charge in [0.25, 0.3) is 5.91 Å². The predicted molar refractivity (Wildman–Crippen MR) is 116 cm³/mol. The minimum Gasteiger partial charge on any atom is -0.450 e. The highest BCUT2D eigenvalue weighted by Crippen LogP contribution is 2.24. The van der Waals surface area contributed by atoms with Gasteiger partial charge in [-0.25, -0.2) is 13.2 Å². The second kappa shape index (κ2) is 9.11. The third-order valence-electron chi connectivity index (χ3n) is 5.02. The van der Waals surface area contributed by atoms with Crippen LogP contribution in [-0.2, 0) is 24.3 Å². The fraction of sp³-hybridized carbons (Fsp3) is 0.273. The average Bonchev–Trinajstić information content (AvgIpc) is 3.24. The molecule has 1 aromatic heterocycles. The van der Waals surface area contributed by atoms with Gasteiger partial charge >= 0.3 is 5.97 Å². The number of carbonyl (C=O) groups is 2. The van der Waals surface area contributed by atoms with E-state index in [1.807, 2.05) is 6.07 Å². The van der Waals surface area contributed by atoms with E-state index in [2.05, 4.69) is 5.32 Å². The maximum Gasteiger partial charge on any atom is 0.374 e. The lowest BCUT2D eigenvalue weighted by atomic mass is 10.2. The lowest BCUT2D eigenvalue weighted by molar-refractivity contribution is -0.119. The maximum atomic E-state index is 13.0. The second-order valence-corrected chi connectivity index (χ2v) is 9.18. The number of rotatable bonds is 6. The van der Waals surface area contributed by atoms with Crippen LogP contribution in [0.25, 0.3) is 11.0 Å². The van der Waals surface area contributed by atoms with E-state index < -0.39 is 28.5 Å². The van der Waals surface area contributed by atoms with E-state index in [0.717, 1.165) is 5.39 Å². The molecular weight excluding hydrogens is 436 g/mol. The molecule has 9 nitrogen and oxygen atoms in total. The van der Waals surface area contributed by atoms with Crippen molar-refractivity contribution in [1.82, 2.24) is 4.31 Å². The van der Waals surface area contributed by atoms with Gasteiger partial charge < -0.3 is 19.2 Å². The lowest BCUT2D eigenvalue weighted by Crippen LogP contribution is -2.40. The molecule has 0 aliphatic carbocycles. The van der Waals surface area contributed by atoms with E-state index in [-0.39, 0.29) is 29.4 Å². The number of morpholine rings is 1. The molecule has 2 heterocycles. The van der Waals surface area contributed by atoms with Crippen LogP contribution in [-0.4, -0.2) is 57.5 Å². The summed E-state index contributed by atoms with van der Waals surface area (Å²) in [5.74, 6) is -1.38. The Bertz CT molecular complexity index is 1230. The summed E-state index contributed by atoms with van der Waals surface area (Å²) in [7, 11) is -3.72. The molecule has 0 atom stereocenters. The van der Waals surface area contributed by atoms with E-state index in [1.54, 1.807) is 37.3 Å². The van der Waals surface area contributed by atoms with E-state index in [0.29, 0.717) is 24.4 Å². The molecular formula is C22H22N2O7S. The third-order valence-corrected chi connectivity index (χ3v) is 7.06. The SMILES string of the molecule is Cc1ccc(NC(=O)COC(=O)c2cc3ccccc3o2)cc1S(=O)(=O)N1CCOCC1. The fourth-order valence-corrected chi connectivity index (χ4v) is 5.02. The normalized spacial score (nSPS) is 14.9. The van der Waals surface area contributed by atoms with Crippen molar-refractivity contribution in [3.8, 4) is 0 Å². The molecule has 0 unspecified atom stereocenters. The predicted octanol–water partition coefficient (Wildman–Crippen LogP) is 2.56. The molecule has 168 valence electrons. The van der Waals surface area contributed by atoms with E-state index in [9.17, 15) is 18.0 Å². The molecule has 1 N–H and O–H groups in total. The summed E-state index contributed by atoms with van der Waals surface area (Å²) in [6.45, 7) is 2.37. The first-order chi connectivity index (χ1) is 15.3. The molecule has 32 heavy (non-hydrogen) atoms. The number of aryl methyl sites for hydroxylation is 1. The number of benzene rings is 2. The standard InChI is InChI=1S/C22H22N2O7S/c1-15-6-7-17(13-20(15)32(27,28)24-8-10-29-11-9-24)23-21(25)14-30-22(26)19-12-16-4-2-3-5-18(16)31-19/h2-7,12-13H,8-11,14H2,1H3,(H,23,25). The number of furan rings is 1. The number of nitrogens with one attached hydrogen (secondary N) is 1. The Morgan fingerprint density at radius 1 is 1.09 bits per heavy atom. The molecule has 4 rings (SSSR count). The second-order valence-electron chi connectivity index (χ2n) is 7.27. The summed E-state index contributed by atoms with van der Waals surface area (Å²) in [4.78, 5) is 24.6. The minimum absolute atomic E-state index is 0.00627. The molecule has 0 spiro atoms. The summed E-state index contributed by atoms with van der Waals surface area (Å²) >= 11 is 0. The maximum absolute atomic E-state index is 13.0. The smallest absolute Gasteiger partial charge is 0.374 e. The first-order valence-corrected chi connectivity index (χ1v) is 11.4. The van der Waals surface area contributed by atoms with Gasteiger partial charge in [0, 0.05) is 24.2 Å². The van der Waals surface area contributed by atoms with Crippen LogP contribution in [0.1, 0.15) is 16.1 Å². The molecule has 0 radical (unpaired) electrons. The molecule has 2 aromatic carbocycles. The number of nitrogens with zero attached hydrogens (tertiary/aromatic N) is 1. The molecule has 0 saturated carbocycles. The van der Waals surface area contributed by atoms with Crippen LogP contribution in [0.4, 0.5) is 5.69 Å². The van der Waals surface area contributed by atoms with Gasteiger partial charge in [0.05, 0.1) is 18.1 Å². The highest BCUT2D eigenvalue weighted by molar-refractivity contribution is 7.89. The van der Waals surface area contributed by atoms with Gasteiger partial charge in [0.15, 0.2) is 6.61 Å². The minimum atomic E-state index is -3.72. The number of carbonyl (C=O) groups excluding carboxylic acids is 2. The van der Waals surface area contributed by atoms with Gasteiger partial charge in [-0.1, -0.05) is 24.3 Å². The zero-order valence-electron chi connectivity index (χ0n) is 17.4. The van der Waals surface area contributed by atoms with Gasteiger partial charge in [-0.05, 0) is 36.8 Å². The van der Waals surface area contributed by atoms with Gasteiger partial charge in [-0.15, -0.1) is 0 Å². The molecule has 10 heteroatoms. The van der Waals surface area contributed by atoms with Crippen LogP contribution in [0.3, 0.4) is 0 Å². The Balaban J connectivity index is 1.41. The summed E-state index contributed by atoms with van der Waals surface area (Å²) in [6.07, 6.45) is 0. The summed E-state index contributed by atoms with van der Waals surface area (Å²) in [5, 5.41) is 3.31. The molecule has 1 saturated heterocycles. The number of fused-ring (bicyclic) bond motifs is 1. The monoisotopic (exact) mass is 458 g/mol. The fourth-order valence-electron chi connectivity index (χ4n) is 3.36. The topological polar surface area (TPSA) is 115 Å². The molecule has 1 amide bonds. The number of ether oxygens (including phenoxy) is 2. The van der Waals surface area contributed by atoms with Crippen LogP contribution in [0.15, 0.2) is 57.8 Å². The number of anilines is 1. The average molecular weight is 458 g/mol. The van der Waals surface area contributed by atoms with E-state index in [4.69, 9.17) is 13.9 Å². The highest BCUT2D eigenvalue weighted by Gasteiger charge is 2.28. The van der Waals surface area contributed by atoms with Crippen molar-refractivity contribution in [2.24, 2.45) is 0 Å². The molecule has 1 aliphatic rings. The highest BCUT2D eigenvalue weighted by atomic mass is 32.2. The largest absolute Gasteiger partial charge is 0.450 e. The van der Waals surface area contributed by atoms with Crippen molar-refractivity contribution >= 4 is 38.6 Å². The Labute approximate surface area is 184 Å². The quantitative estimate of drug-likeness (QED) is 0.565. The van der Waals surface area contributed by atoms with Gasteiger partial charge in [0.1, 0.15) is 5.58 Å². The van der Waals surface area contributed by atoms with Crippen molar-refractivity contribution in [2.75, 3.05) is 38.2 Å². The van der Waals surface area contributed by atoms with Crippen molar-refractivity contribution in [2.45, 2.75) is 11.8 Å². The summed E-state index contributed by atoms with van der Waals surface area (Å²) in [5.41, 5.74) is 1.38. The van der Waals surface area contributed by atoms with Crippen molar-refractivity contribution in [1.29, 1.82) is 0 Å². The van der Waals surface area contributed by atoms with Crippen LogP contribution >= 0.6 is 0 Å². The Hall–Kier alpha value is -3.21. The van der Waals surface area contributed by atoms with E-state index >= 15 is 0 Å². The molecule has 1 aliphatic heterocycles. The number of para-hydroxylation sites is 1. The van der Waals surface area contributed by atoms with E-state index in [1.165, 1.54) is 16.4 Å². The van der Waals surface area contributed by atoms with Crippen LogP contribution < -0.4 is 5.32 Å². The van der Waals surface area contributed by atoms with Crippen LogP contribution in [0.5, 0.6) is 0 Å².